The van der Waals surface area contributed by atoms with E-state index in [-0.39, 0.29) is 11.6 Å². The summed E-state index contributed by atoms with van der Waals surface area (Å²) in [7, 11) is 0. The molecular weight excluding hydrogens is 238 g/mol. The average molecular weight is 266 g/mol. The van der Waals surface area contributed by atoms with E-state index < -0.39 is 0 Å². The monoisotopic (exact) mass is 266 g/mol. The maximum atomic E-state index is 12.4. The minimum absolute atomic E-state index is 0.151. The summed E-state index contributed by atoms with van der Waals surface area (Å²) in [5.41, 5.74) is 0.459. The molecule has 2 heterocycles. The van der Waals surface area contributed by atoms with E-state index in [4.69, 9.17) is 0 Å². The number of carbonyl (C=O) groups excluding carboxylic acids is 1. The molecule has 0 saturated carbocycles. The van der Waals surface area contributed by atoms with Crippen molar-refractivity contribution in [1.82, 2.24) is 9.80 Å². The number of rotatable bonds is 0. The SMILES string of the molecule is CC1(C)CN(C(=O)N2CC=[N+](C(C)(C)C)CCC2)C1. The molecule has 2 aliphatic heterocycles. The number of amides is 2. The van der Waals surface area contributed by atoms with Crippen LogP contribution in [0.3, 0.4) is 0 Å². The number of hydrogen-bond donors (Lipinski definition) is 0. The van der Waals surface area contributed by atoms with E-state index in [9.17, 15) is 4.79 Å². The van der Waals surface area contributed by atoms with Gasteiger partial charge in [-0.15, -0.1) is 0 Å². The molecule has 2 aliphatic rings. The van der Waals surface area contributed by atoms with Gasteiger partial charge in [0, 0.05) is 31.5 Å². The van der Waals surface area contributed by atoms with Crippen molar-refractivity contribution in [2.75, 3.05) is 32.7 Å². The van der Waals surface area contributed by atoms with Crippen molar-refractivity contribution in [2.24, 2.45) is 5.41 Å². The Labute approximate surface area is 117 Å². The summed E-state index contributed by atoms with van der Waals surface area (Å²) in [5, 5.41) is 0. The fourth-order valence-corrected chi connectivity index (χ4v) is 2.92. The van der Waals surface area contributed by atoms with Gasteiger partial charge in [-0.2, -0.15) is 0 Å². The highest BCUT2D eigenvalue weighted by atomic mass is 16.2. The molecule has 2 rings (SSSR count). The third-order valence-corrected chi connectivity index (χ3v) is 3.99. The van der Waals surface area contributed by atoms with Crippen molar-refractivity contribution in [3.63, 3.8) is 0 Å². The molecule has 108 valence electrons. The summed E-state index contributed by atoms with van der Waals surface area (Å²) in [6, 6.07) is 0.214. The van der Waals surface area contributed by atoms with Crippen LogP contribution >= 0.6 is 0 Å². The lowest BCUT2D eigenvalue weighted by atomic mass is 9.85. The van der Waals surface area contributed by atoms with Gasteiger partial charge in [-0.3, -0.25) is 0 Å². The Morgan fingerprint density at radius 3 is 2.37 bits per heavy atom. The lowest BCUT2D eigenvalue weighted by Crippen LogP contribution is -2.59. The molecule has 0 unspecified atom stereocenters. The second-order valence-electron chi connectivity index (χ2n) is 7.65. The molecule has 1 fully saturated rings. The molecule has 1 saturated heterocycles. The first-order chi connectivity index (χ1) is 8.69. The lowest BCUT2D eigenvalue weighted by Gasteiger charge is -2.47. The molecular formula is C15H28N3O+. The highest BCUT2D eigenvalue weighted by Crippen LogP contribution is 2.29. The van der Waals surface area contributed by atoms with Crippen molar-refractivity contribution in [3.8, 4) is 0 Å². The van der Waals surface area contributed by atoms with E-state index >= 15 is 0 Å². The van der Waals surface area contributed by atoms with Crippen LogP contribution < -0.4 is 0 Å². The minimum atomic E-state index is 0.151. The fraction of sp³-hybridized carbons (Fsp3) is 0.867. The van der Waals surface area contributed by atoms with Gasteiger partial charge in [0.2, 0.25) is 0 Å². The topological polar surface area (TPSA) is 26.6 Å². The molecule has 0 bridgehead atoms. The molecule has 4 nitrogen and oxygen atoms in total. The van der Waals surface area contributed by atoms with E-state index in [1.807, 2.05) is 9.80 Å². The van der Waals surface area contributed by atoms with E-state index in [2.05, 4.69) is 45.4 Å². The van der Waals surface area contributed by atoms with Crippen LogP contribution in [0.5, 0.6) is 0 Å². The smallest absolute Gasteiger partial charge is 0.320 e. The van der Waals surface area contributed by atoms with E-state index in [1.54, 1.807) is 0 Å². The summed E-state index contributed by atoms with van der Waals surface area (Å²) < 4.78 is 2.36. The molecule has 0 aromatic heterocycles. The van der Waals surface area contributed by atoms with E-state index in [1.165, 1.54) is 0 Å². The standard InChI is InChI=1S/C15H28N3O/c1-14(2,3)18-8-6-7-16(9-10-18)13(19)17-11-15(4,5)12-17/h10H,6-9,11-12H2,1-5H3/q+1. The summed E-state index contributed by atoms with van der Waals surface area (Å²) in [4.78, 5) is 16.4. The van der Waals surface area contributed by atoms with Crippen LogP contribution in [-0.4, -0.2) is 64.9 Å². The molecule has 0 radical (unpaired) electrons. The van der Waals surface area contributed by atoms with Crippen molar-refractivity contribution in [2.45, 2.75) is 46.6 Å². The Kier molecular flexibility index (Phi) is 3.63. The quantitative estimate of drug-likeness (QED) is 0.616. The first-order valence-electron chi connectivity index (χ1n) is 7.33. The number of likely N-dealkylation sites (tertiary alicyclic amines) is 1. The zero-order chi connectivity index (χ0) is 14.3. The Morgan fingerprint density at radius 1 is 1.21 bits per heavy atom. The predicted molar refractivity (Wildman–Crippen MR) is 77.9 cm³/mol. The molecule has 0 aromatic rings. The van der Waals surface area contributed by atoms with Gasteiger partial charge >= 0.3 is 6.03 Å². The third-order valence-electron chi connectivity index (χ3n) is 3.99. The van der Waals surface area contributed by atoms with Crippen molar-refractivity contribution in [3.05, 3.63) is 0 Å². The van der Waals surface area contributed by atoms with Gasteiger partial charge in [0.25, 0.3) is 0 Å². The Balaban J connectivity index is 1.96. The fourth-order valence-electron chi connectivity index (χ4n) is 2.92. The van der Waals surface area contributed by atoms with Gasteiger partial charge < -0.3 is 9.80 Å². The van der Waals surface area contributed by atoms with Crippen LogP contribution in [0, 0.1) is 5.41 Å². The van der Waals surface area contributed by atoms with Crippen molar-refractivity contribution in [1.29, 1.82) is 0 Å². The maximum absolute atomic E-state index is 12.4. The van der Waals surface area contributed by atoms with Crippen LogP contribution in [0.1, 0.15) is 41.0 Å². The van der Waals surface area contributed by atoms with Crippen LogP contribution in [0.15, 0.2) is 0 Å². The van der Waals surface area contributed by atoms with Gasteiger partial charge in [-0.25, -0.2) is 9.37 Å². The van der Waals surface area contributed by atoms with Gasteiger partial charge in [-0.1, -0.05) is 13.8 Å². The summed E-state index contributed by atoms with van der Waals surface area (Å²) in [6.45, 7) is 15.5. The van der Waals surface area contributed by atoms with Gasteiger partial charge in [0.1, 0.15) is 6.54 Å². The Hall–Kier alpha value is -1.06. The highest BCUT2D eigenvalue weighted by molar-refractivity contribution is 5.78. The van der Waals surface area contributed by atoms with Crippen LogP contribution in [-0.2, 0) is 0 Å². The summed E-state index contributed by atoms with van der Waals surface area (Å²) >= 11 is 0. The third kappa shape index (κ3) is 3.28. The minimum Gasteiger partial charge on any atom is -0.323 e. The number of urea groups is 1. The summed E-state index contributed by atoms with van der Waals surface area (Å²) in [5.74, 6) is 0. The Bertz CT molecular complexity index is 385. The maximum Gasteiger partial charge on any atom is 0.320 e. The summed E-state index contributed by atoms with van der Waals surface area (Å²) in [6.07, 6.45) is 3.24. The molecule has 19 heavy (non-hydrogen) atoms. The van der Waals surface area contributed by atoms with Crippen LogP contribution in [0.2, 0.25) is 0 Å². The van der Waals surface area contributed by atoms with Gasteiger partial charge in [0.15, 0.2) is 11.8 Å². The molecule has 2 amide bonds. The highest BCUT2D eigenvalue weighted by Gasteiger charge is 2.39. The van der Waals surface area contributed by atoms with Crippen molar-refractivity contribution >= 4 is 12.2 Å². The second kappa shape index (κ2) is 4.80. The second-order valence-corrected chi connectivity index (χ2v) is 7.65. The molecule has 0 aliphatic carbocycles. The molecule has 4 heteroatoms. The van der Waals surface area contributed by atoms with Crippen LogP contribution in [0.25, 0.3) is 0 Å². The first-order valence-corrected chi connectivity index (χ1v) is 7.33. The molecule has 0 spiro atoms. The Morgan fingerprint density at radius 2 is 1.84 bits per heavy atom. The van der Waals surface area contributed by atoms with Crippen LogP contribution in [0.4, 0.5) is 4.79 Å². The number of carbonyl (C=O) groups is 1. The van der Waals surface area contributed by atoms with E-state index in [0.29, 0.717) is 5.41 Å². The van der Waals surface area contributed by atoms with Crippen molar-refractivity contribution < 1.29 is 9.37 Å². The lowest BCUT2D eigenvalue weighted by molar-refractivity contribution is -0.592. The zero-order valence-corrected chi connectivity index (χ0v) is 13.1. The molecule has 0 atom stereocenters. The van der Waals surface area contributed by atoms with Gasteiger partial charge in [-0.05, 0) is 20.8 Å². The van der Waals surface area contributed by atoms with Gasteiger partial charge in [0.05, 0.1) is 6.54 Å². The zero-order valence-electron chi connectivity index (χ0n) is 13.1. The number of hydrogen-bond acceptors (Lipinski definition) is 1. The molecule has 0 N–H and O–H groups in total. The normalized spacial score (nSPS) is 23.5. The van der Waals surface area contributed by atoms with E-state index in [0.717, 1.165) is 39.1 Å². The molecule has 0 aromatic carbocycles. The largest absolute Gasteiger partial charge is 0.323 e. The predicted octanol–water partition coefficient (Wildman–Crippen LogP) is 2.04. The number of nitrogens with zero attached hydrogens (tertiary/aromatic N) is 3. The first kappa shape index (κ1) is 14.4. The average Bonchev–Trinajstić information content (AvgIpc) is 2.49.